The fourth-order valence-corrected chi connectivity index (χ4v) is 3.03. The third-order valence-electron chi connectivity index (χ3n) is 4.20. The highest BCUT2D eigenvalue weighted by atomic mass is 35.5. The first-order valence-corrected chi connectivity index (χ1v) is 10.0. The van der Waals surface area contributed by atoms with Crippen molar-refractivity contribution in [2.75, 3.05) is 19.7 Å². The van der Waals surface area contributed by atoms with Crippen LogP contribution in [0.4, 0.5) is 13.2 Å². The van der Waals surface area contributed by atoms with Crippen LogP contribution in [0.1, 0.15) is 23.9 Å². The molecule has 0 aliphatic heterocycles. The van der Waals surface area contributed by atoms with Gasteiger partial charge in [-0.3, -0.25) is 9.20 Å². The molecule has 3 rings (SSSR count). The van der Waals surface area contributed by atoms with Gasteiger partial charge in [-0.2, -0.15) is 0 Å². The van der Waals surface area contributed by atoms with Gasteiger partial charge in [0, 0.05) is 24.7 Å². The Balaban J connectivity index is 1.83. The molecule has 0 radical (unpaired) electrons. The Morgan fingerprint density at radius 2 is 2.06 bits per heavy atom. The van der Waals surface area contributed by atoms with Crippen molar-refractivity contribution < 1.29 is 27.4 Å². The number of pyridine rings is 1. The van der Waals surface area contributed by atoms with Crippen LogP contribution >= 0.6 is 11.6 Å². The number of ether oxygens (including phenoxy) is 2. The number of fused-ring (bicyclic) bond motifs is 1. The summed E-state index contributed by atoms with van der Waals surface area (Å²) in [4.78, 5) is 16.0. The second-order valence-electron chi connectivity index (χ2n) is 6.51. The molecule has 2 aromatic heterocycles. The second kappa shape index (κ2) is 10.4. The third kappa shape index (κ3) is 6.39. The van der Waals surface area contributed by atoms with Crippen LogP contribution in [0.25, 0.3) is 5.65 Å². The molecule has 3 aromatic rings. The molecule has 0 spiro atoms. The van der Waals surface area contributed by atoms with E-state index in [-0.39, 0.29) is 17.5 Å². The number of carbonyl (C=O) groups is 1. The number of carbonyl (C=O) groups excluding carboxylic acids is 1. The standard InChI is InChI=1S/C22H19ClF3N3O3/c1-2-31-21(30)14-27-11-10-17-18(29-12-4-3-5-20(29)28-17)9-7-15-6-8-16(23)19(13-15)32-22(24,25)26/h3-6,8,12-13,27H,2,10-11,14H2,1H3. The Kier molecular flexibility index (Phi) is 7.62. The predicted octanol–water partition coefficient (Wildman–Crippen LogP) is 3.98. The molecule has 0 aliphatic rings. The molecule has 0 amide bonds. The van der Waals surface area contributed by atoms with Gasteiger partial charge < -0.3 is 14.8 Å². The van der Waals surface area contributed by atoms with Gasteiger partial charge in [0.25, 0.3) is 0 Å². The van der Waals surface area contributed by atoms with Gasteiger partial charge in [-0.1, -0.05) is 23.6 Å². The monoisotopic (exact) mass is 465 g/mol. The molecule has 168 valence electrons. The van der Waals surface area contributed by atoms with Gasteiger partial charge in [-0.15, -0.1) is 13.2 Å². The van der Waals surface area contributed by atoms with Crippen molar-refractivity contribution in [3.05, 3.63) is 64.6 Å². The van der Waals surface area contributed by atoms with Crippen LogP contribution in [0.15, 0.2) is 42.6 Å². The maximum Gasteiger partial charge on any atom is 0.573 e. The van der Waals surface area contributed by atoms with E-state index in [0.717, 1.165) is 6.07 Å². The summed E-state index contributed by atoms with van der Waals surface area (Å²) < 4.78 is 48.3. The van der Waals surface area contributed by atoms with Crippen LogP contribution in [0, 0.1) is 11.8 Å². The number of nitrogens with zero attached hydrogens (tertiary/aromatic N) is 2. The molecule has 0 saturated heterocycles. The van der Waals surface area contributed by atoms with Gasteiger partial charge in [0.05, 0.1) is 23.9 Å². The lowest BCUT2D eigenvalue weighted by Gasteiger charge is -2.10. The van der Waals surface area contributed by atoms with Crippen molar-refractivity contribution in [1.29, 1.82) is 0 Å². The number of esters is 1. The van der Waals surface area contributed by atoms with Gasteiger partial charge in [0.2, 0.25) is 0 Å². The summed E-state index contributed by atoms with van der Waals surface area (Å²) >= 11 is 5.79. The molecule has 2 heterocycles. The summed E-state index contributed by atoms with van der Waals surface area (Å²) in [7, 11) is 0. The van der Waals surface area contributed by atoms with Crippen molar-refractivity contribution in [1.82, 2.24) is 14.7 Å². The van der Waals surface area contributed by atoms with E-state index in [1.165, 1.54) is 12.1 Å². The maximum atomic E-state index is 12.6. The van der Waals surface area contributed by atoms with Gasteiger partial charge in [-0.05, 0) is 43.2 Å². The van der Waals surface area contributed by atoms with Gasteiger partial charge in [0.1, 0.15) is 17.1 Å². The van der Waals surface area contributed by atoms with E-state index < -0.39 is 12.1 Å². The van der Waals surface area contributed by atoms with Crippen LogP contribution < -0.4 is 10.1 Å². The zero-order valence-corrected chi connectivity index (χ0v) is 17.8. The number of hydrogen-bond donors (Lipinski definition) is 1. The quantitative estimate of drug-likeness (QED) is 0.325. The third-order valence-corrected chi connectivity index (χ3v) is 4.51. The number of aromatic nitrogens is 2. The lowest BCUT2D eigenvalue weighted by molar-refractivity contribution is -0.274. The number of alkyl halides is 3. The Hall–Kier alpha value is -3.22. The highest BCUT2D eigenvalue weighted by Crippen LogP contribution is 2.30. The van der Waals surface area contributed by atoms with Crippen LogP contribution in [0.5, 0.6) is 5.75 Å². The normalized spacial score (nSPS) is 11.2. The average Bonchev–Trinajstić information content (AvgIpc) is 3.08. The van der Waals surface area contributed by atoms with Crippen LogP contribution in [-0.4, -0.2) is 41.4 Å². The SMILES string of the molecule is CCOC(=O)CNCCc1nc2ccccn2c1C#Cc1ccc(Cl)c(OC(F)(F)F)c1. The smallest absolute Gasteiger partial charge is 0.465 e. The minimum Gasteiger partial charge on any atom is -0.465 e. The van der Waals surface area contributed by atoms with E-state index in [9.17, 15) is 18.0 Å². The molecular formula is C22H19ClF3N3O3. The number of nitrogens with one attached hydrogen (secondary N) is 1. The fraction of sp³-hybridized carbons (Fsp3) is 0.273. The molecule has 0 bridgehead atoms. The zero-order valence-electron chi connectivity index (χ0n) is 17.0. The van der Waals surface area contributed by atoms with E-state index in [0.29, 0.717) is 42.2 Å². The lowest BCUT2D eigenvalue weighted by atomic mass is 10.2. The lowest BCUT2D eigenvalue weighted by Crippen LogP contribution is -2.26. The van der Waals surface area contributed by atoms with Gasteiger partial charge in [-0.25, -0.2) is 4.98 Å². The topological polar surface area (TPSA) is 64.9 Å². The molecule has 0 saturated carbocycles. The average molecular weight is 466 g/mol. The van der Waals surface area contributed by atoms with Crippen LogP contribution in [0.3, 0.4) is 0 Å². The molecule has 0 aliphatic carbocycles. The minimum atomic E-state index is -4.86. The minimum absolute atomic E-state index is 0.0784. The fourth-order valence-electron chi connectivity index (χ4n) is 2.88. The molecule has 0 atom stereocenters. The van der Waals surface area contributed by atoms with Gasteiger partial charge >= 0.3 is 12.3 Å². The van der Waals surface area contributed by atoms with Gasteiger partial charge in [0.15, 0.2) is 0 Å². The number of imidazole rings is 1. The predicted molar refractivity (Wildman–Crippen MR) is 113 cm³/mol. The first-order valence-electron chi connectivity index (χ1n) is 9.66. The van der Waals surface area contributed by atoms with E-state index in [1.54, 1.807) is 17.5 Å². The molecule has 6 nitrogen and oxygen atoms in total. The summed E-state index contributed by atoms with van der Waals surface area (Å²) in [6, 6.07) is 9.40. The Bertz CT molecular complexity index is 1170. The van der Waals surface area contributed by atoms with E-state index in [1.807, 2.05) is 18.2 Å². The summed E-state index contributed by atoms with van der Waals surface area (Å²) in [5, 5.41) is 2.82. The Labute approximate surface area is 187 Å². The Morgan fingerprint density at radius 1 is 1.25 bits per heavy atom. The summed E-state index contributed by atoms with van der Waals surface area (Å²) in [6.07, 6.45) is -2.59. The first-order chi connectivity index (χ1) is 15.3. The highest BCUT2D eigenvalue weighted by molar-refractivity contribution is 6.32. The Morgan fingerprint density at radius 3 is 2.81 bits per heavy atom. The van der Waals surface area contributed by atoms with Crippen LogP contribution in [-0.2, 0) is 16.0 Å². The van der Waals surface area contributed by atoms with Crippen molar-refractivity contribution in [3.63, 3.8) is 0 Å². The number of benzene rings is 1. The molecule has 1 N–H and O–H groups in total. The first kappa shape index (κ1) is 23.4. The molecule has 0 fully saturated rings. The maximum absolute atomic E-state index is 12.6. The molecule has 0 unspecified atom stereocenters. The molecular weight excluding hydrogens is 447 g/mol. The van der Waals surface area contributed by atoms with E-state index in [2.05, 4.69) is 26.9 Å². The molecule has 10 heteroatoms. The highest BCUT2D eigenvalue weighted by Gasteiger charge is 2.32. The number of hydrogen-bond acceptors (Lipinski definition) is 5. The summed E-state index contributed by atoms with van der Waals surface area (Å²) in [6.45, 7) is 2.59. The largest absolute Gasteiger partial charge is 0.573 e. The summed E-state index contributed by atoms with van der Waals surface area (Å²) in [5.74, 6) is 4.96. The van der Waals surface area contributed by atoms with E-state index >= 15 is 0 Å². The van der Waals surface area contributed by atoms with Crippen molar-refractivity contribution in [3.8, 4) is 17.6 Å². The van der Waals surface area contributed by atoms with Crippen molar-refractivity contribution in [2.45, 2.75) is 19.7 Å². The number of rotatable bonds is 7. The van der Waals surface area contributed by atoms with E-state index in [4.69, 9.17) is 16.3 Å². The molecule has 1 aromatic carbocycles. The number of halogens is 4. The summed E-state index contributed by atoms with van der Waals surface area (Å²) in [5.41, 5.74) is 2.24. The zero-order chi connectivity index (χ0) is 23.1. The molecule has 32 heavy (non-hydrogen) atoms. The van der Waals surface area contributed by atoms with Crippen LogP contribution in [0.2, 0.25) is 5.02 Å². The van der Waals surface area contributed by atoms with Crippen molar-refractivity contribution >= 4 is 23.2 Å². The second-order valence-corrected chi connectivity index (χ2v) is 6.92. The van der Waals surface area contributed by atoms with Crippen molar-refractivity contribution in [2.24, 2.45) is 0 Å².